The molecule has 10 nitrogen and oxygen atoms in total. The maximum absolute atomic E-state index is 12.8. The van der Waals surface area contributed by atoms with Gasteiger partial charge in [0.05, 0.1) is 13.2 Å². The fourth-order valence-corrected chi connectivity index (χ4v) is 6.05. The van der Waals surface area contributed by atoms with Gasteiger partial charge in [0.25, 0.3) is 0 Å². The average Bonchev–Trinajstić information content (AvgIpc) is 3.21. The second-order valence-corrected chi connectivity index (χ2v) is 14.8. The molecule has 0 aliphatic carbocycles. The van der Waals surface area contributed by atoms with Crippen molar-refractivity contribution >= 4 is 11.9 Å². The van der Waals surface area contributed by atoms with E-state index < -0.39 is 55.4 Å². The van der Waals surface area contributed by atoms with Crippen molar-refractivity contribution in [2.75, 3.05) is 19.8 Å². The zero-order valence-electron chi connectivity index (χ0n) is 35.3. The molecule has 1 aliphatic heterocycles. The minimum atomic E-state index is -1.61. The van der Waals surface area contributed by atoms with Crippen LogP contribution in [0.3, 0.4) is 0 Å². The third-order valence-corrected chi connectivity index (χ3v) is 9.57. The molecule has 0 aromatic rings. The molecule has 2 unspecified atom stereocenters. The Labute approximate surface area is 344 Å². The van der Waals surface area contributed by atoms with Gasteiger partial charge in [0.1, 0.15) is 31.0 Å². The van der Waals surface area contributed by atoms with Gasteiger partial charge >= 0.3 is 11.9 Å². The Morgan fingerprint density at radius 2 is 1.07 bits per heavy atom. The van der Waals surface area contributed by atoms with E-state index in [9.17, 15) is 30.0 Å². The molecule has 1 rings (SSSR count). The van der Waals surface area contributed by atoms with Crippen molar-refractivity contribution in [3.8, 4) is 0 Å². The minimum Gasteiger partial charge on any atom is -0.462 e. The molecule has 4 N–H and O–H groups in total. The molecule has 10 heteroatoms. The molecule has 57 heavy (non-hydrogen) atoms. The van der Waals surface area contributed by atoms with E-state index in [2.05, 4.69) is 86.8 Å². The molecule has 1 saturated heterocycles. The Hall–Kier alpha value is -2.86. The monoisotopic (exact) mass is 803 g/mol. The molecule has 326 valence electrons. The number of aliphatic hydroxyl groups is 4. The summed E-state index contributed by atoms with van der Waals surface area (Å²) in [6, 6.07) is 0. The number of ether oxygens (including phenoxy) is 4. The van der Waals surface area contributed by atoms with Gasteiger partial charge in [-0.05, 0) is 77.0 Å². The number of carbonyl (C=O) groups excluding carboxylic acids is 2. The Bertz CT molecular complexity index is 1160. The summed E-state index contributed by atoms with van der Waals surface area (Å²) in [5.41, 5.74) is 0. The van der Waals surface area contributed by atoms with Gasteiger partial charge in [-0.2, -0.15) is 0 Å². The Morgan fingerprint density at radius 1 is 0.561 bits per heavy atom. The Kier molecular flexibility index (Phi) is 34.2. The van der Waals surface area contributed by atoms with Crippen LogP contribution in [0.15, 0.2) is 72.9 Å². The molecular weight excluding hydrogens is 725 g/mol. The fourth-order valence-electron chi connectivity index (χ4n) is 6.05. The number of esters is 2. The molecule has 1 aliphatic rings. The fraction of sp³-hybridized carbons (Fsp3) is 0.702. The molecule has 1 fully saturated rings. The third-order valence-electron chi connectivity index (χ3n) is 9.57. The summed E-state index contributed by atoms with van der Waals surface area (Å²) >= 11 is 0. The number of aliphatic hydroxyl groups excluding tert-OH is 4. The summed E-state index contributed by atoms with van der Waals surface area (Å²) in [5, 5.41) is 40.0. The first-order chi connectivity index (χ1) is 27.8. The number of unbranched alkanes of at least 4 members (excludes halogenated alkanes) is 13. The van der Waals surface area contributed by atoms with E-state index in [1.165, 1.54) is 32.1 Å². The summed E-state index contributed by atoms with van der Waals surface area (Å²) in [7, 11) is 0. The zero-order chi connectivity index (χ0) is 41.6. The predicted molar refractivity (Wildman–Crippen MR) is 228 cm³/mol. The molecule has 0 aromatic heterocycles. The Morgan fingerprint density at radius 3 is 1.67 bits per heavy atom. The van der Waals surface area contributed by atoms with Gasteiger partial charge in [-0.15, -0.1) is 0 Å². The maximum Gasteiger partial charge on any atom is 0.306 e. The van der Waals surface area contributed by atoms with Gasteiger partial charge in [0.15, 0.2) is 12.4 Å². The lowest BCUT2D eigenvalue weighted by atomic mass is 9.99. The number of rotatable bonds is 35. The van der Waals surface area contributed by atoms with Crippen LogP contribution in [0.1, 0.15) is 155 Å². The average molecular weight is 803 g/mol. The standard InChI is InChI=1S/C47H78O10/c1-3-5-7-9-11-13-15-17-19-20-22-23-25-27-29-31-33-35-42(49)54-38-40(39-55-47-46(53)45(52)44(51)41(37-48)57-47)56-43(50)36-34-32-30-28-26-24-21-18-16-14-12-10-8-6-4-2/h7,9,13-16,18-21,23,25,40-41,44-48,51-53H,3-6,8,10-12,17,22,24,26-39H2,1-2H3/b9-7+,15-13+,16-14+,20-19+,21-18+,25-23+/t40-,41-,44+,45?,46?,47-/m0/s1. The van der Waals surface area contributed by atoms with Crippen LogP contribution in [-0.4, -0.2) is 89.0 Å². The first-order valence-corrected chi connectivity index (χ1v) is 22.0. The summed E-state index contributed by atoms with van der Waals surface area (Å²) in [5.74, 6) is -0.868. The lowest BCUT2D eigenvalue weighted by molar-refractivity contribution is -0.305. The molecule has 0 aromatic carbocycles. The molecule has 0 bridgehead atoms. The van der Waals surface area contributed by atoms with E-state index in [1.807, 2.05) is 0 Å². The van der Waals surface area contributed by atoms with E-state index in [4.69, 9.17) is 18.9 Å². The molecule has 0 radical (unpaired) electrons. The number of carbonyl (C=O) groups is 2. The number of hydrogen-bond acceptors (Lipinski definition) is 10. The van der Waals surface area contributed by atoms with Crippen LogP contribution in [0.2, 0.25) is 0 Å². The lowest BCUT2D eigenvalue weighted by Gasteiger charge is -2.39. The predicted octanol–water partition coefficient (Wildman–Crippen LogP) is 9.22. The van der Waals surface area contributed by atoms with Gasteiger partial charge in [-0.3, -0.25) is 9.59 Å². The summed E-state index contributed by atoms with van der Waals surface area (Å²) in [4.78, 5) is 25.3. The van der Waals surface area contributed by atoms with E-state index in [-0.39, 0.29) is 26.1 Å². The SMILES string of the molecule is CCC/C=C/C/C=C/C/C=C/C/C=C/CCCCCC(=O)OC[C@@H](CO[C@H]1O[C@@H](CO)[C@@H](O)C(O)C1O)OC(=O)CCCCCCC/C=C/C=C/CCCCCC. The molecule has 0 saturated carbocycles. The van der Waals surface area contributed by atoms with Gasteiger partial charge < -0.3 is 39.4 Å². The van der Waals surface area contributed by atoms with Crippen molar-refractivity contribution < 1.29 is 49.0 Å². The lowest BCUT2D eigenvalue weighted by Crippen LogP contribution is -2.59. The highest BCUT2D eigenvalue weighted by atomic mass is 16.7. The van der Waals surface area contributed by atoms with Crippen molar-refractivity contribution in [2.24, 2.45) is 0 Å². The van der Waals surface area contributed by atoms with Crippen molar-refractivity contribution in [1.82, 2.24) is 0 Å². The first kappa shape index (κ1) is 52.2. The zero-order valence-corrected chi connectivity index (χ0v) is 35.3. The molecule has 0 spiro atoms. The van der Waals surface area contributed by atoms with Crippen LogP contribution in [0.5, 0.6) is 0 Å². The van der Waals surface area contributed by atoms with Gasteiger partial charge in [0.2, 0.25) is 0 Å². The quantitative estimate of drug-likeness (QED) is 0.0211. The highest BCUT2D eigenvalue weighted by molar-refractivity contribution is 5.70. The van der Waals surface area contributed by atoms with Crippen LogP contribution in [-0.2, 0) is 28.5 Å². The number of hydrogen-bond donors (Lipinski definition) is 4. The Balaban J connectivity index is 2.39. The normalized spacial score (nSPS) is 21.0. The minimum absolute atomic E-state index is 0.201. The molecule has 1 heterocycles. The molecule has 6 atom stereocenters. The molecule has 0 amide bonds. The topological polar surface area (TPSA) is 152 Å². The second-order valence-electron chi connectivity index (χ2n) is 14.8. The summed E-state index contributed by atoms with van der Waals surface area (Å²) in [6.45, 7) is 3.27. The van der Waals surface area contributed by atoms with Crippen molar-refractivity contribution in [2.45, 2.75) is 192 Å². The first-order valence-electron chi connectivity index (χ1n) is 22.0. The third kappa shape index (κ3) is 29.1. The summed E-state index contributed by atoms with van der Waals surface area (Å²) < 4.78 is 22.1. The van der Waals surface area contributed by atoms with E-state index >= 15 is 0 Å². The van der Waals surface area contributed by atoms with E-state index in [0.717, 1.165) is 83.5 Å². The largest absolute Gasteiger partial charge is 0.462 e. The van der Waals surface area contributed by atoms with Crippen LogP contribution in [0.4, 0.5) is 0 Å². The smallest absolute Gasteiger partial charge is 0.306 e. The van der Waals surface area contributed by atoms with Crippen molar-refractivity contribution in [3.05, 3.63) is 72.9 Å². The highest BCUT2D eigenvalue weighted by Gasteiger charge is 2.44. The van der Waals surface area contributed by atoms with Crippen LogP contribution >= 0.6 is 0 Å². The second kappa shape index (κ2) is 37.4. The van der Waals surface area contributed by atoms with Crippen LogP contribution in [0, 0.1) is 0 Å². The van der Waals surface area contributed by atoms with Crippen LogP contribution < -0.4 is 0 Å². The molecular formula is C47H78O10. The van der Waals surface area contributed by atoms with Gasteiger partial charge in [0, 0.05) is 12.8 Å². The van der Waals surface area contributed by atoms with E-state index in [0.29, 0.717) is 12.8 Å². The number of allylic oxidation sites excluding steroid dienone is 12. The summed E-state index contributed by atoms with van der Waals surface area (Å²) in [6.07, 6.45) is 39.0. The highest BCUT2D eigenvalue weighted by Crippen LogP contribution is 2.22. The van der Waals surface area contributed by atoms with Crippen LogP contribution in [0.25, 0.3) is 0 Å². The van der Waals surface area contributed by atoms with Crippen molar-refractivity contribution in [1.29, 1.82) is 0 Å². The van der Waals surface area contributed by atoms with Crippen molar-refractivity contribution in [3.63, 3.8) is 0 Å². The maximum atomic E-state index is 12.8. The van der Waals surface area contributed by atoms with Gasteiger partial charge in [-0.25, -0.2) is 0 Å². The van der Waals surface area contributed by atoms with Gasteiger partial charge in [-0.1, -0.05) is 138 Å². The van der Waals surface area contributed by atoms with E-state index in [1.54, 1.807) is 0 Å².